The van der Waals surface area contributed by atoms with E-state index in [-0.39, 0.29) is 11.7 Å². The second kappa shape index (κ2) is 7.86. The van der Waals surface area contributed by atoms with E-state index in [2.05, 4.69) is 15.5 Å². The summed E-state index contributed by atoms with van der Waals surface area (Å²) in [5.41, 5.74) is 8.61. The van der Waals surface area contributed by atoms with E-state index in [0.717, 1.165) is 24.1 Å². The number of thioether (sulfide) groups is 1. The number of aromatic nitrogens is 4. The molecule has 2 aromatic rings. The first-order valence-corrected chi connectivity index (χ1v) is 9.53. The maximum Gasteiger partial charge on any atom is 0.240 e. The Morgan fingerprint density at radius 2 is 2.08 bits per heavy atom. The molecule has 3 rings (SSSR count). The van der Waals surface area contributed by atoms with Crippen molar-refractivity contribution in [3.63, 3.8) is 0 Å². The first-order chi connectivity index (χ1) is 12.5. The van der Waals surface area contributed by atoms with Gasteiger partial charge in [-0.3, -0.25) is 9.59 Å². The molecule has 1 aliphatic rings. The molecule has 1 aromatic carbocycles. The van der Waals surface area contributed by atoms with Crippen molar-refractivity contribution in [3.8, 4) is 5.69 Å². The normalized spacial score (nSPS) is 17.3. The molecule has 0 saturated carbocycles. The van der Waals surface area contributed by atoms with Gasteiger partial charge in [0.1, 0.15) is 6.04 Å². The molecule has 1 aliphatic heterocycles. The standard InChI is InChI=1S/C17H22N6O2S/c1-11-6-7-13(9-12(11)2)23-17(19-20-21-23)26-10-15(24)22-8-4-3-5-14(22)16(18)25/h6-7,9,14H,3-5,8,10H2,1-2H3,(H2,18,25)/t14-/m1/s1. The van der Waals surface area contributed by atoms with Gasteiger partial charge in [0.15, 0.2) is 0 Å². The van der Waals surface area contributed by atoms with Crippen LogP contribution in [0.25, 0.3) is 5.69 Å². The van der Waals surface area contributed by atoms with Gasteiger partial charge in [-0.15, -0.1) is 5.10 Å². The van der Waals surface area contributed by atoms with E-state index in [1.54, 1.807) is 9.58 Å². The van der Waals surface area contributed by atoms with Crippen LogP contribution in [0.5, 0.6) is 0 Å². The second-order valence-corrected chi connectivity index (χ2v) is 7.37. The van der Waals surface area contributed by atoms with Crippen LogP contribution in [0.1, 0.15) is 30.4 Å². The highest BCUT2D eigenvalue weighted by molar-refractivity contribution is 7.99. The molecule has 1 fully saturated rings. The zero-order valence-corrected chi connectivity index (χ0v) is 15.7. The van der Waals surface area contributed by atoms with Crippen molar-refractivity contribution < 1.29 is 9.59 Å². The topological polar surface area (TPSA) is 107 Å². The van der Waals surface area contributed by atoms with Crippen LogP contribution in [0.3, 0.4) is 0 Å². The van der Waals surface area contributed by atoms with Crippen LogP contribution >= 0.6 is 11.8 Å². The van der Waals surface area contributed by atoms with Crippen molar-refractivity contribution in [2.45, 2.75) is 44.3 Å². The van der Waals surface area contributed by atoms with Crippen molar-refractivity contribution >= 4 is 23.6 Å². The Labute approximate surface area is 156 Å². The van der Waals surface area contributed by atoms with Crippen LogP contribution in [0, 0.1) is 13.8 Å². The molecule has 0 radical (unpaired) electrons. The van der Waals surface area contributed by atoms with Gasteiger partial charge in [0, 0.05) is 6.54 Å². The summed E-state index contributed by atoms with van der Waals surface area (Å²) >= 11 is 1.26. The van der Waals surface area contributed by atoms with Crippen LogP contribution in [0.15, 0.2) is 23.4 Å². The Hall–Kier alpha value is -2.42. The summed E-state index contributed by atoms with van der Waals surface area (Å²) in [5.74, 6) is -0.397. The van der Waals surface area contributed by atoms with Crippen molar-refractivity contribution in [1.29, 1.82) is 0 Å². The maximum atomic E-state index is 12.6. The summed E-state index contributed by atoms with van der Waals surface area (Å²) in [6.07, 6.45) is 2.43. The molecule has 1 atom stereocenters. The minimum Gasteiger partial charge on any atom is -0.368 e. The Balaban J connectivity index is 1.70. The SMILES string of the molecule is Cc1ccc(-n2nnnc2SCC(=O)N2CCCC[C@@H]2C(N)=O)cc1C. The number of carbonyl (C=O) groups is 2. The zero-order valence-electron chi connectivity index (χ0n) is 14.9. The fourth-order valence-corrected chi connectivity index (χ4v) is 3.80. The number of hydrogen-bond acceptors (Lipinski definition) is 6. The van der Waals surface area contributed by atoms with Gasteiger partial charge in [-0.1, -0.05) is 17.8 Å². The third-order valence-corrected chi connectivity index (χ3v) is 5.56. The van der Waals surface area contributed by atoms with E-state index in [4.69, 9.17) is 5.73 Å². The molecule has 138 valence electrons. The molecular formula is C17H22N6O2S. The molecule has 1 aromatic heterocycles. The number of likely N-dealkylation sites (tertiary alicyclic amines) is 1. The molecule has 0 unspecified atom stereocenters. The Morgan fingerprint density at radius 3 is 2.81 bits per heavy atom. The first-order valence-electron chi connectivity index (χ1n) is 8.55. The lowest BCUT2D eigenvalue weighted by molar-refractivity contribution is -0.138. The number of carbonyl (C=O) groups excluding carboxylic acids is 2. The van der Waals surface area contributed by atoms with Gasteiger partial charge in [-0.25, -0.2) is 0 Å². The first kappa shape index (κ1) is 18.4. The zero-order chi connectivity index (χ0) is 18.7. The van der Waals surface area contributed by atoms with Crippen LogP contribution in [-0.2, 0) is 9.59 Å². The summed E-state index contributed by atoms with van der Waals surface area (Å²) in [6.45, 7) is 4.63. The van der Waals surface area contributed by atoms with Gasteiger partial charge in [-0.2, -0.15) is 4.68 Å². The lowest BCUT2D eigenvalue weighted by Gasteiger charge is -2.33. The number of nitrogens with two attached hydrogens (primary N) is 1. The number of hydrogen-bond donors (Lipinski definition) is 1. The summed E-state index contributed by atoms with van der Waals surface area (Å²) < 4.78 is 1.62. The molecule has 1 saturated heterocycles. The molecule has 26 heavy (non-hydrogen) atoms. The quantitative estimate of drug-likeness (QED) is 0.789. The molecule has 2 N–H and O–H groups in total. The monoisotopic (exact) mass is 374 g/mol. The molecular weight excluding hydrogens is 352 g/mol. The van der Waals surface area contributed by atoms with Crippen molar-refractivity contribution in [2.24, 2.45) is 5.73 Å². The van der Waals surface area contributed by atoms with Crippen LogP contribution in [-0.4, -0.2) is 55.3 Å². The Morgan fingerprint density at radius 1 is 1.27 bits per heavy atom. The van der Waals surface area contributed by atoms with Gasteiger partial charge in [0.25, 0.3) is 0 Å². The fraction of sp³-hybridized carbons (Fsp3) is 0.471. The predicted octanol–water partition coefficient (Wildman–Crippen LogP) is 1.24. The molecule has 0 aliphatic carbocycles. The largest absolute Gasteiger partial charge is 0.368 e. The minimum absolute atomic E-state index is 0.117. The third kappa shape index (κ3) is 3.87. The summed E-state index contributed by atoms with van der Waals surface area (Å²) in [6, 6.07) is 5.45. The minimum atomic E-state index is -0.507. The highest BCUT2D eigenvalue weighted by atomic mass is 32.2. The number of rotatable bonds is 5. The van der Waals surface area contributed by atoms with Gasteiger partial charge in [-0.05, 0) is 66.8 Å². The van der Waals surface area contributed by atoms with E-state index in [9.17, 15) is 9.59 Å². The van der Waals surface area contributed by atoms with Gasteiger partial charge < -0.3 is 10.6 Å². The summed E-state index contributed by atoms with van der Waals surface area (Å²) in [7, 11) is 0. The highest BCUT2D eigenvalue weighted by Gasteiger charge is 2.30. The smallest absolute Gasteiger partial charge is 0.240 e. The number of aryl methyl sites for hydroxylation is 2. The molecule has 2 heterocycles. The predicted molar refractivity (Wildman–Crippen MR) is 97.9 cm³/mol. The van der Waals surface area contributed by atoms with Crippen molar-refractivity contribution in [3.05, 3.63) is 29.3 Å². The Kier molecular flexibility index (Phi) is 5.55. The van der Waals surface area contributed by atoms with E-state index in [0.29, 0.717) is 18.1 Å². The summed E-state index contributed by atoms with van der Waals surface area (Å²) in [4.78, 5) is 25.7. The fourth-order valence-electron chi connectivity index (χ4n) is 3.02. The lowest BCUT2D eigenvalue weighted by Crippen LogP contribution is -2.51. The lowest BCUT2D eigenvalue weighted by atomic mass is 10.0. The van der Waals surface area contributed by atoms with E-state index < -0.39 is 11.9 Å². The number of tetrazole rings is 1. The summed E-state index contributed by atoms with van der Waals surface area (Å²) in [5, 5.41) is 12.3. The van der Waals surface area contributed by atoms with Crippen molar-refractivity contribution in [1.82, 2.24) is 25.1 Å². The third-order valence-electron chi connectivity index (χ3n) is 4.65. The Bertz CT molecular complexity index is 821. The average Bonchev–Trinajstić information content (AvgIpc) is 3.10. The highest BCUT2D eigenvalue weighted by Crippen LogP contribution is 2.23. The van der Waals surface area contributed by atoms with E-state index in [1.807, 2.05) is 32.0 Å². The van der Waals surface area contributed by atoms with Crippen LogP contribution in [0.4, 0.5) is 0 Å². The number of benzene rings is 1. The van der Waals surface area contributed by atoms with Crippen LogP contribution in [0.2, 0.25) is 0 Å². The molecule has 0 spiro atoms. The van der Waals surface area contributed by atoms with E-state index >= 15 is 0 Å². The van der Waals surface area contributed by atoms with E-state index in [1.165, 1.54) is 17.3 Å². The number of nitrogens with zero attached hydrogens (tertiary/aromatic N) is 5. The molecule has 0 bridgehead atoms. The maximum absolute atomic E-state index is 12.6. The molecule has 9 heteroatoms. The van der Waals surface area contributed by atoms with Crippen LogP contribution < -0.4 is 5.73 Å². The van der Waals surface area contributed by atoms with Crippen molar-refractivity contribution in [2.75, 3.05) is 12.3 Å². The van der Waals surface area contributed by atoms with Gasteiger partial charge in [0.05, 0.1) is 11.4 Å². The molecule has 2 amide bonds. The number of piperidine rings is 1. The number of primary amides is 1. The molecule has 8 nitrogen and oxygen atoms in total. The van der Waals surface area contributed by atoms with Gasteiger partial charge >= 0.3 is 0 Å². The second-order valence-electron chi connectivity index (χ2n) is 6.43. The average molecular weight is 374 g/mol. The number of amides is 2. The van der Waals surface area contributed by atoms with Gasteiger partial charge in [0.2, 0.25) is 17.0 Å².